The molecule has 2 aliphatic heterocycles. The van der Waals surface area contributed by atoms with Crippen LogP contribution in [0.25, 0.3) is 0 Å². The average molecular weight is 307 g/mol. The largest absolute Gasteiger partial charge is 0.443 e. The standard InChI is InChI=1S/C15H21N3O3.CH4/c1-11-8-12(18-10-13(9-16)21-15(18)19)2-3-14(11)17-4-6-20-7-5-17;/h2-3,8,13H,4-7,9-10,16H2,1H3;1H4. The number of carbonyl (C=O) groups is 1. The summed E-state index contributed by atoms with van der Waals surface area (Å²) in [5.74, 6) is 0. The SMILES string of the molecule is C.Cc1cc(N2CC(CN)OC2=O)ccc1N1CCOCC1. The number of morpholine rings is 1. The molecule has 122 valence electrons. The van der Waals surface area contributed by atoms with Crippen LogP contribution < -0.4 is 15.5 Å². The van der Waals surface area contributed by atoms with E-state index < -0.39 is 0 Å². The van der Waals surface area contributed by atoms with Gasteiger partial charge in [0.05, 0.1) is 19.8 Å². The number of carbonyl (C=O) groups excluding carboxylic acids is 1. The molecule has 1 atom stereocenters. The van der Waals surface area contributed by atoms with Crippen molar-refractivity contribution in [3.8, 4) is 0 Å². The van der Waals surface area contributed by atoms with Crippen LogP contribution in [0.5, 0.6) is 0 Å². The quantitative estimate of drug-likeness (QED) is 0.921. The van der Waals surface area contributed by atoms with Gasteiger partial charge in [0.25, 0.3) is 0 Å². The molecule has 0 bridgehead atoms. The van der Waals surface area contributed by atoms with Crippen molar-refractivity contribution >= 4 is 17.5 Å². The number of benzene rings is 1. The topological polar surface area (TPSA) is 68.0 Å². The number of cyclic esters (lactones) is 1. The van der Waals surface area contributed by atoms with E-state index in [9.17, 15) is 4.79 Å². The number of nitrogens with zero attached hydrogens (tertiary/aromatic N) is 2. The van der Waals surface area contributed by atoms with Gasteiger partial charge < -0.3 is 20.1 Å². The summed E-state index contributed by atoms with van der Waals surface area (Å²) in [6.45, 7) is 6.27. The van der Waals surface area contributed by atoms with Crippen molar-refractivity contribution in [2.45, 2.75) is 20.5 Å². The van der Waals surface area contributed by atoms with Crippen LogP contribution in [0.1, 0.15) is 13.0 Å². The fourth-order valence-corrected chi connectivity index (χ4v) is 2.82. The van der Waals surface area contributed by atoms with E-state index in [0.717, 1.165) is 37.6 Å². The van der Waals surface area contributed by atoms with Crippen LogP contribution in [-0.2, 0) is 9.47 Å². The third-order valence-corrected chi connectivity index (χ3v) is 3.98. The van der Waals surface area contributed by atoms with E-state index in [2.05, 4.69) is 17.9 Å². The molecule has 6 heteroatoms. The molecule has 2 aliphatic rings. The molecule has 1 amide bonds. The highest BCUT2D eigenvalue weighted by atomic mass is 16.6. The molecule has 0 saturated carbocycles. The normalized spacial score (nSPS) is 21.5. The molecule has 2 heterocycles. The van der Waals surface area contributed by atoms with Gasteiger partial charge in [0, 0.05) is 31.0 Å². The zero-order valence-electron chi connectivity index (χ0n) is 12.2. The monoisotopic (exact) mass is 307 g/mol. The first-order valence-electron chi connectivity index (χ1n) is 7.30. The molecule has 0 aromatic heterocycles. The van der Waals surface area contributed by atoms with Crippen molar-refractivity contribution in [1.29, 1.82) is 0 Å². The van der Waals surface area contributed by atoms with E-state index in [-0.39, 0.29) is 19.6 Å². The van der Waals surface area contributed by atoms with Gasteiger partial charge >= 0.3 is 6.09 Å². The zero-order valence-corrected chi connectivity index (χ0v) is 12.2. The van der Waals surface area contributed by atoms with E-state index in [1.54, 1.807) is 4.90 Å². The lowest BCUT2D eigenvalue weighted by Gasteiger charge is -2.30. The van der Waals surface area contributed by atoms with E-state index in [4.69, 9.17) is 15.2 Å². The first kappa shape index (κ1) is 16.6. The molecular formula is C16H25N3O3. The van der Waals surface area contributed by atoms with Crippen LogP contribution in [0.2, 0.25) is 0 Å². The van der Waals surface area contributed by atoms with E-state index in [0.29, 0.717) is 13.1 Å². The third kappa shape index (κ3) is 3.18. The Bertz CT molecular complexity index is 529. The number of rotatable bonds is 3. The first-order valence-corrected chi connectivity index (χ1v) is 7.30. The molecule has 2 saturated heterocycles. The lowest BCUT2D eigenvalue weighted by Crippen LogP contribution is -2.36. The van der Waals surface area contributed by atoms with Crippen LogP contribution in [0.3, 0.4) is 0 Å². The van der Waals surface area contributed by atoms with Gasteiger partial charge in [-0.05, 0) is 30.7 Å². The van der Waals surface area contributed by atoms with Crippen molar-refractivity contribution in [3.05, 3.63) is 23.8 Å². The minimum atomic E-state index is -0.316. The Morgan fingerprint density at radius 2 is 2.05 bits per heavy atom. The van der Waals surface area contributed by atoms with E-state index in [1.807, 2.05) is 12.1 Å². The maximum Gasteiger partial charge on any atom is 0.414 e. The summed E-state index contributed by atoms with van der Waals surface area (Å²) in [5.41, 5.74) is 8.78. The van der Waals surface area contributed by atoms with Crippen molar-refractivity contribution in [3.63, 3.8) is 0 Å². The minimum Gasteiger partial charge on any atom is -0.443 e. The van der Waals surface area contributed by atoms with Gasteiger partial charge in [-0.15, -0.1) is 0 Å². The Hall–Kier alpha value is -1.79. The number of ether oxygens (including phenoxy) is 2. The van der Waals surface area contributed by atoms with Gasteiger partial charge in [0.2, 0.25) is 0 Å². The fraction of sp³-hybridized carbons (Fsp3) is 0.562. The van der Waals surface area contributed by atoms with E-state index in [1.165, 1.54) is 5.69 Å². The van der Waals surface area contributed by atoms with Gasteiger partial charge in [0.1, 0.15) is 6.10 Å². The lowest BCUT2D eigenvalue weighted by molar-refractivity contribution is 0.122. The Morgan fingerprint density at radius 1 is 1.32 bits per heavy atom. The molecule has 1 unspecified atom stereocenters. The van der Waals surface area contributed by atoms with Gasteiger partial charge in [0.15, 0.2) is 0 Å². The van der Waals surface area contributed by atoms with Crippen molar-refractivity contribution in [1.82, 2.24) is 0 Å². The third-order valence-electron chi connectivity index (χ3n) is 3.98. The molecular weight excluding hydrogens is 282 g/mol. The molecule has 1 aromatic carbocycles. The van der Waals surface area contributed by atoms with Gasteiger partial charge in [-0.1, -0.05) is 7.43 Å². The molecule has 0 aliphatic carbocycles. The molecule has 6 nitrogen and oxygen atoms in total. The second-order valence-corrected chi connectivity index (χ2v) is 5.42. The predicted molar refractivity (Wildman–Crippen MR) is 87.6 cm³/mol. The second-order valence-electron chi connectivity index (χ2n) is 5.42. The molecule has 1 aromatic rings. The zero-order chi connectivity index (χ0) is 14.8. The van der Waals surface area contributed by atoms with Gasteiger partial charge in [-0.25, -0.2) is 4.79 Å². The summed E-state index contributed by atoms with van der Waals surface area (Å²) < 4.78 is 10.6. The van der Waals surface area contributed by atoms with Crippen molar-refractivity contribution in [2.24, 2.45) is 5.73 Å². The fourth-order valence-electron chi connectivity index (χ4n) is 2.82. The smallest absolute Gasteiger partial charge is 0.414 e. The number of aryl methyl sites for hydroxylation is 1. The maximum absolute atomic E-state index is 11.9. The van der Waals surface area contributed by atoms with Crippen LogP contribution in [0, 0.1) is 6.92 Å². The van der Waals surface area contributed by atoms with Crippen LogP contribution in [-0.4, -0.2) is 51.6 Å². The van der Waals surface area contributed by atoms with Crippen LogP contribution >= 0.6 is 0 Å². The highest BCUT2D eigenvalue weighted by molar-refractivity contribution is 5.90. The van der Waals surface area contributed by atoms with Crippen LogP contribution in [0.4, 0.5) is 16.2 Å². The Morgan fingerprint density at radius 3 is 2.64 bits per heavy atom. The molecule has 22 heavy (non-hydrogen) atoms. The summed E-state index contributed by atoms with van der Waals surface area (Å²) >= 11 is 0. The number of nitrogens with two attached hydrogens (primary N) is 1. The molecule has 0 spiro atoms. The van der Waals surface area contributed by atoms with Crippen LogP contribution in [0.15, 0.2) is 18.2 Å². The molecule has 2 N–H and O–H groups in total. The summed E-state index contributed by atoms with van der Waals surface area (Å²) in [6, 6.07) is 6.07. The Balaban J connectivity index is 0.00000176. The molecule has 2 fully saturated rings. The van der Waals surface area contributed by atoms with E-state index >= 15 is 0 Å². The highest BCUT2D eigenvalue weighted by Crippen LogP contribution is 2.28. The first-order chi connectivity index (χ1) is 10.2. The van der Waals surface area contributed by atoms with Gasteiger partial charge in [-0.3, -0.25) is 4.90 Å². The average Bonchev–Trinajstić information content (AvgIpc) is 2.89. The highest BCUT2D eigenvalue weighted by Gasteiger charge is 2.31. The number of anilines is 2. The predicted octanol–water partition coefficient (Wildman–Crippen LogP) is 1.75. The Kier molecular flexibility index (Phi) is 5.26. The Labute approximate surface area is 131 Å². The summed E-state index contributed by atoms with van der Waals surface area (Å²) in [4.78, 5) is 15.8. The lowest BCUT2D eigenvalue weighted by atomic mass is 10.1. The summed E-state index contributed by atoms with van der Waals surface area (Å²) in [6.07, 6.45) is -0.527. The van der Waals surface area contributed by atoms with Crippen molar-refractivity contribution < 1.29 is 14.3 Å². The maximum atomic E-state index is 11.9. The van der Waals surface area contributed by atoms with Crippen molar-refractivity contribution in [2.75, 3.05) is 49.2 Å². The summed E-state index contributed by atoms with van der Waals surface area (Å²) in [7, 11) is 0. The summed E-state index contributed by atoms with van der Waals surface area (Å²) in [5, 5.41) is 0. The number of hydrogen-bond acceptors (Lipinski definition) is 5. The molecule has 0 radical (unpaired) electrons. The second kappa shape index (κ2) is 6.98. The minimum absolute atomic E-state index is 0. The number of amides is 1. The molecule has 3 rings (SSSR count). The number of hydrogen-bond donors (Lipinski definition) is 1. The van der Waals surface area contributed by atoms with Gasteiger partial charge in [-0.2, -0.15) is 0 Å².